The van der Waals surface area contributed by atoms with Crippen LogP contribution in [0.5, 0.6) is 0 Å². The van der Waals surface area contributed by atoms with Crippen LogP contribution in [-0.4, -0.2) is 29.9 Å². The minimum Gasteiger partial charge on any atom is -0.352 e. The van der Waals surface area contributed by atoms with Gasteiger partial charge >= 0.3 is 0 Å². The second-order valence-corrected chi connectivity index (χ2v) is 9.17. The van der Waals surface area contributed by atoms with Crippen molar-refractivity contribution >= 4 is 17.5 Å². The Morgan fingerprint density at radius 3 is 2.22 bits per heavy atom. The zero-order valence-corrected chi connectivity index (χ0v) is 19.6. The number of benzene rings is 3. The van der Waals surface area contributed by atoms with Crippen LogP contribution in [0.15, 0.2) is 72.8 Å². The monoisotopic (exact) mass is 446 g/mol. The van der Waals surface area contributed by atoms with Crippen LogP contribution in [-0.2, 0) is 6.42 Å². The van der Waals surface area contributed by atoms with E-state index in [9.17, 15) is 4.79 Å². The summed E-state index contributed by atoms with van der Waals surface area (Å²) >= 11 is 5.96. The first-order chi connectivity index (χ1) is 15.5. The van der Waals surface area contributed by atoms with Crippen LogP contribution >= 0.6 is 11.6 Å². The van der Waals surface area contributed by atoms with Crippen molar-refractivity contribution in [1.29, 1.82) is 0 Å². The first-order valence-corrected chi connectivity index (χ1v) is 11.9. The van der Waals surface area contributed by atoms with E-state index in [2.05, 4.69) is 48.3 Å². The zero-order chi connectivity index (χ0) is 22.5. The SMILES string of the molecule is CC1CCCN1C(C)c1ccc(CCNC(=O)c2ccc(-c3ccc(Cl)cc3)cc2)cc1. The normalized spacial score (nSPS) is 17.3. The van der Waals surface area contributed by atoms with Crippen LogP contribution in [0.1, 0.15) is 54.2 Å². The lowest BCUT2D eigenvalue weighted by Gasteiger charge is -2.29. The number of hydrogen-bond donors (Lipinski definition) is 1. The number of hydrogen-bond acceptors (Lipinski definition) is 2. The second-order valence-electron chi connectivity index (χ2n) is 8.74. The predicted octanol–water partition coefficient (Wildman–Crippen LogP) is 6.52. The van der Waals surface area contributed by atoms with Crippen LogP contribution in [0.2, 0.25) is 5.02 Å². The average Bonchev–Trinajstić information content (AvgIpc) is 3.25. The molecular formula is C28H31ClN2O. The van der Waals surface area contributed by atoms with Gasteiger partial charge in [-0.1, -0.05) is 60.1 Å². The molecule has 1 fully saturated rings. The van der Waals surface area contributed by atoms with E-state index in [4.69, 9.17) is 11.6 Å². The van der Waals surface area contributed by atoms with Crippen molar-refractivity contribution in [2.45, 2.75) is 45.2 Å². The van der Waals surface area contributed by atoms with Gasteiger partial charge in [-0.15, -0.1) is 0 Å². The molecular weight excluding hydrogens is 416 g/mol. The smallest absolute Gasteiger partial charge is 0.251 e. The van der Waals surface area contributed by atoms with Crippen molar-refractivity contribution in [3.05, 3.63) is 94.5 Å². The third-order valence-electron chi connectivity index (χ3n) is 6.59. The quantitative estimate of drug-likeness (QED) is 0.447. The summed E-state index contributed by atoms with van der Waals surface area (Å²) < 4.78 is 0. The molecule has 0 aromatic heterocycles. The van der Waals surface area contributed by atoms with Crippen LogP contribution in [0.3, 0.4) is 0 Å². The zero-order valence-electron chi connectivity index (χ0n) is 18.9. The second kappa shape index (κ2) is 10.3. The van der Waals surface area contributed by atoms with E-state index in [1.807, 2.05) is 48.5 Å². The molecule has 1 amide bonds. The van der Waals surface area contributed by atoms with Crippen LogP contribution in [0.25, 0.3) is 11.1 Å². The first-order valence-electron chi connectivity index (χ1n) is 11.5. The van der Waals surface area contributed by atoms with Gasteiger partial charge in [-0.2, -0.15) is 0 Å². The molecule has 2 unspecified atom stereocenters. The summed E-state index contributed by atoms with van der Waals surface area (Å²) in [5.74, 6) is -0.0408. The van der Waals surface area contributed by atoms with E-state index in [0.717, 1.165) is 22.6 Å². The number of rotatable bonds is 7. The molecule has 4 rings (SSSR count). The number of carbonyl (C=O) groups excluding carboxylic acids is 1. The number of halogens is 1. The maximum Gasteiger partial charge on any atom is 0.251 e. The van der Waals surface area contributed by atoms with E-state index in [1.54, 1.807) is 0 Å². The minimum absolute atomic E-state index is 0.0408. The fraction of sp³-hybridized carbons (Fsp3) is 0.321. The van der Waals surface area contributed by atoms with Gasteiger partial charge in [0.05, 0.1) is 0 Å². The topological polar surface area (TPSA) is 32.3 Å². The fourth-order valence-electron chi connectivity index (χ4n) is 4.56. The Labute approximate surface area is 196 Å². The van der Waals surface area contributed by atoms with Crippen molar-refractivity contribution in [3.63, 3.8) is 0 Å². The van der Waals surface area contributed by atoms with Gasteiger partial charge in [0, 0.05) is 29.2 Å². The lowest BCUT2D eigenvalue weighted by molar-refractivity contribution is 0.0954. The molecule has 0 bridgehead atoms. The highest BCUT2D eigenvalue weighted by Crippen LogP contribution is 2.29. The summed E-state index contributed by atoms with van der Waals surface area (Å²) in [5.41, 5.74) is 5.43. The van der Waals surface area contributed by atoms with Gasteiger partial charge in [0.2, 0.25) is 0 Å². The van der Waals surface area contributed by atoms with Crippen molar-refractivity contribution in [3.8, 4) is 11.1 Å². The summed E-state index contributed by atoms with van der Waals surface area (Å²) in [6, 6.07) is 25.4. The predicted molar refractivity (Wildman–Crippen MR) is 133 cm³/mol. The van der Waals surface area contributed by atoms with Crippen molar-refractivity contribution in [1.82, 2.24) is 10.2 Å². The van der Waals surface area contributed by atoms with Gasteiger partial charge in [0.1, 0.15) is 0 Å². The number of likely N-dealkylation sites (tertiary alicyclic amines) is 1. The highest BCUT2D eigenvalue weighted by molar-refractivity contribution is 6.30. The summed E-state index contributed by atoms with van der Waals surface area (Å²) in [5, 5.41) is 3.76. The molecule has 0 spiro atoms. The average molecular weight is 447 g/mol. The molecule has 0 aliphatic carbocycles. The molecule has 1 aliphatic rings. The van der Waals surface area contributed by atoms with Crippen LogP contribution in [0.4, 0.5) is 0 Å². The molecule has 3 nitrogen and oxygen atoms in total. The van der Waals surface area contributed by atoms with Gasteiger partial charge in [0.15, 0.2) is 0 Å². The number of amides is 1. The van der Waals surface area contributed by atoms with E-state index in [-0.39, 0.29) is 5.91 Å². The Bertz CT molecular complexity index is 1030. The van der Waals surface area contributed by atoms with Gasteiger partial charge in [-0.3, -0.25) is 9.69 Å². The standard InChI is InChI=1S/C28H31ClN2O/c1-20-4-3-19-31(20)21(2)23-7-5-22(6-8-23)17-18-30-28(32)26-11-9-24(10-12-26)25-13-15-27(29)16-14-25/h5-16,20-21H,3-4,17-19H2,1-2H3,(H,30,32). The maximum absolute atomic E-state index is 12.5. The van der Waals surface area contributed by atoms with Crippen molar-refractivity contribution in [2.24, 2.45) is 0 Å². The maximum atomic E-state index is 12.5. The molecule has 1 heterocycles. The molecule has 0 saturated carbocycles. The lowest BCUT2D eigenvalue weighted by atomic mass is 10.0. The summed E-state index contributed by atoms with van der Waals surface area (Å²) in [6.07, 6.45) is 3.42. The summed E-state index contributed by atoms with van der Waals surface area (Å²) in [6.45, 7) is 6.44. The molecule has 3 aromatic carbocycles. The van der Waals surface area contributed by atoms with Crippen molar-refractivity contribution < 1.29 is 4.79 Å². The molecule has 1 aliphatic heterocycles. The van der Waals surface area contributed by atoms with Gasteiger partial charge in [0.25, 0.3) is 5.91 Å². The Hall–Kier alpha value is -2.62. The molecule has 1 N–H and O–H groups in total. The summed E-state index contributed by atoms with van der Waals surface area (Å²) in [7, 11) is 0. The molecule has 0 radical (unpaired) electrons. The van der Waals surface area contributed by atoms with Crippen molar-refractivity contribution in [2.75, 3.05) is 13.1 Å². The lowest BCUT2D eigenvalue weighted by Crippen LogP contribution is -2.29. The molecule has 3 aromatic rings. The highest BCUT2D eigenvalue weighted by Gasteiger charge is 2.25. The van der Waals surface area contributed by atoms with E-state index >= 15 is 0 Å². The number of nitrogens with one attached hydrogen (secondary N) is 1. The number of nitrogens with zero attached hydrogens (tertiary/aromatic N) is 1. The summed E-state index contributed by atoms with van der Waals surface area (Å²) in [4.78, 5) is 15.1. The fourth-order valence-corrected chi connectivity index (χ4v) is 4.69. The van der Waals surface area contributed by atoms with Gasteiger partial charge in [-0.25, -0.2) is 0 Å². The van der Waals surface area contributed by atoms with Gasteiger partial charge in [-0.05, 0) is 86.2 Å². The molecule has 4 heteroatoms. The van der Waals surface area contributed by atoms with Crippen LogP contribution in [0, 0.1) is 0 Å². The number of carbonyl (C=O) groups is 1. The van der Waals surface area contributed by atoms with Gasteiger partial charge < -0.3 is 5.32 Å². The Balaban J connectivity index is 1.27. The Morgan fingerprint density at radius 1 is 1.00 bits per heavy atom. The first kappa shape index (κ1) is 22.6. The Kier molecular flexibility index (Phi) is 7.29. The third-order valence-corrected chi connectivity index (χ3v) is 6.84. The Morgan fingerprint density at radius 2 is 1.62 bits per heavy atom. The largest absolute Gasteiger partial charge is 0.352 e. The molecule has 32 heavy (non-hydrogen) atoms. The van der Waals surface area contributed by atoms with Crippen LogP contribution < -0.4 is 5.32 Å². The minimum atomic E-state index is -0.0408. The molecule has 166 valence electrons. The molecule has 1 saturated heterocycles. The highest BCUT2D eigenvalue weighted by atomic mass is 35.5. The third kappa shape index (κ3) is 5.40. The molecule has 2 atom stereocenters. The van der Waals surface area contributed by atoms with E-state index < -0.39 is 0 Å². The van der Waals surface area contributed by atoms with E-state index in [0.29, 0.717) is 24.2 Å². The van der Waals surface area contributed by atoms with E-state index in [1.165, 1.54) is 30.5 Å².